The molecular formula is C14H12F2N2S. The van der Waals surface area contributed by atoms with E-state index in [1.807, 2.05) is 6.92 Å². The Kier molecular flexibility index (Phi) is 1.99. The molecule has 2 aromatic rings. The molecule has 1 fully saturated rings. The Labute approximate surface area is 114 Å². The zero-order chi connectivity index (χ0) is 13.4. The molecule has 5 heteroatoms. The van der Waals surface area contributed by atoms with Gasteiger partial charge >= 0.3 is 0 Å². The number of nitrogens with zero attached hydrogens (tertiary/aromatic N) is 1. The van der Waals surface area contributed by atoms with E-state index in [0.717, 1.165) is 30.3 Å². The summed E-state index contributed by atoms with van der Waals surface area (Å²) in [4.78, 5) is 3.16. The van der Waals surface area contributed by atoms with Crippen molar-refractivity contribution in [1.29, 1.82) is 0 Å². The third-order valence-corrected chi connectivity index (χ3v) is 4.82. The van der Waals surface area contributed by atoms with Crippen molar-refractivity contribution in [3.05, 3.63) is 51.6 Å². The van der Waals surface area contributed by atoms with Crippen LogP contribution in [0.1, 0.15) is 29.3 Å². The summed E-state index contributed by atoms with van der Waals surface area (Å²) in [7, 11) is 0. The Balaban J connectivity index is 1.85. The average molecular weight is 278 g/mol. The fourth-order valence-electron chi connectivity index (χ4n) is 3.58. The van der Waals surface area contributed by atoms with E-state index in [1.165, 1.54) is 17.8 Å². The molecule has 2 heterocycles. The highest BCUT2D eigenvalue weighted by molar-refractivity contribution is 7.71. The van der Waals surface area contributed by atoms with Gasteiger partial charge in [-0.1, -0.05) is 0 Å². The molecule has 1 aromatic heterocycles. The van der Waals surface area contributed by atoms with Crippen LogP contribution in [0.5, 0.6) is 0 Å². The first kappa shape index (κ1) is 11.3. The second kappa shape index (κ2) is 3.33. The summed E-state index contributed by atoms with van der Waals surface area (Å²) in [6.45, 7) is 2.72. The third-order valence-electron chi connectivity index (χ3n) is 4.50. The zero-order valence-electron chi connectivity index (χ0n) is 10.3. The maximum absolute atomic E-state index is 13.4. The van der Waals surface area contributed by atoms with Crippen LogP contribution in [0.25, 0.3) is 0 Å². The van der Waals surface area contributed by atoms with Crippen molar-refractivity contribution in [3.63, 3.8) is 0 Å². The molecule has 19 heavy (non-hydrogen) atoms. The Bertz CT molecular complexity index is 741. The molecule has 2 atom stereocenters. The minimum Gasteiger partial charge on any atom is -0.335 e. The molecule has 4 rings (SSSR count). The van der Waals surface area contributed by atoms with E-state index >= 15 is 0 Å². The smallest absolute Gasteiger partial charge is 0.177 e. The Morgan fingerprint density at radius 3 is 2.63 bits per heavy atom. The molecule has 0 saturated heterocycles. The summed E-state index contributed by atoms with van der Waals surface area (Å²) in [5.74, 6) is -0.677. The van der Waals surface area contributed by atoms with Gasteiger partial charge in [0.05, 0.1) is 0 Å². The number of benzene rings is 1. The highest BCUT2D eigenvalue weighted by Gasteiger charge is 2.62. The Morgan fingerprint density at radius 1 is 1.32 bits per heavy atom. The van der Waals surface area contributed by atoms with E-state index in [0.29, 0.717) is 10.7 Å². The van der Waals surface area contributed by atoms with Crippen molar-refractivity contribution >= 4 is 12.2 Å². The van der Waals surface area contributed by atoms with Gasteiger partial charge in [0, 0.05) is 35.3 Å². The number of aromatic nitrogens is 2. The van der Waals surface area contributed by atoms with Crippen LogP contribution in [0.3, 0.4) is 0 Å². The van der Waals surface area contributed by atoms with Crippen molar-refractivity contribution in [1.82, 2.24) is 9.55 Å². The fourth-order valence-corrected chi connectivity index (χ4v) is 3.90. The summed E-state index contributed by atoms with van der Waals surface area (Å²) in [5, 5.41) is 0. The molecule has 1 unspecified atom stereocenters. The molecule has 1 saturated carbocycles. The molecule has 1 aromatic carbocycles. The van der Waals surface area contributed by atoms with Gasteiger partial charge in [-0.2, -0.15) is 0 Å². The van der Waals surface area contributed by atoms with Crippen LogP contribution >= 0.6 is 12.2 Å². The minimum absolute atomic E-state index is 0.147. The van der Waals surface area contributed by atoms with Gasteiger partial charge in [-0.25, -0.2) is 8.78 Å². The van der Waals surface area contributed by atoms with Gasteiger partial charge in [0.15, 0.2) is 4.77 Å². The van der Waals surface area contributed by atoms with Crippen LogP contribution in [0, 0.1) is 23.3 Å². The van der Waals surface area contributed by atoms with Crippen LogP contribution in [-0.4, -0.2) is 9.55 Å². The zero-order valence-corrected chi connectivity index (χ0v) is 11.2. The molecule has 0 radical (unpaired) electrons. The predicted molar refractivity (Wildman–Crippen MR) is 69.7 cm³/mol. The molecule has 2 nitrogen and oxygen atoms in total. The van der Waals surface area contributed by atoms with E-state index in [4.69, 9.17) is 12.2 Å². The fraction of sp³-hybridized carbons (Fsp3) is 0.357. The van der Waals surface area contributed by atoms with Crippen LogP contribution in [-0.2, 0) is 12.0 Å². The lowest BCUT2D eigenvalue weighted by Crippen LogP contribution is -2.13. The van der Waals surface area contributed by atoms with Gasteiger partial charge in [0.2, 0.25) is 0 Å². The molecule has 1 aliphatic carbocycles. The Morgan fingerprint density at radius 2 is 2.00 bits per heavy atom. The molecule has 0 bridgehead atoms. The van der Waals surface area contributed by atoms with Gasteiger partial charge < -0.3 is 9.55 Å². The van der Waals surface area contributed by atoms with Crippen molar-refractivity contribution in [2.24, 2.45) is 0 Å². The number of hydrogen-bond acceptors (Lipinski definition) is 1. The predicted octanol–water partition coefficient (Wildman–Crippen LogP) is 3.57. The van der Waals surface area contributed by atoms with Crippen LogP contribution in [0.15, 0.2) is 18.2 Å². The monoisotopic (exact) mass is 278 g/mol. The quantitative estimate of drug-likeness (QED) is 0.791. The third kappa shape index (κ3) is 1.36. The lowest BCUT2D eigenvalue weighted by atomic mass is 9.94. The van der Waals surface area contributed by atoms with Crippen LogP contribution in [0.2, 0.25) is 0 Å². The van der Waals surface area contributed by atoms with Gasteiger partial charge in [-0.05, 0) is 43.3 Å². The largest absolute Gasteiger partial charge is 0.335 e. The topological polar surface area (TPSA) is 20.7 Å². The number of hydrogen-bond donors (Lipinski definition) is 1. The highest BCUT2D eigenvalue weighted by Crippen LogP contribution is 2.66. The first-order valence-corrected chi connectivity index (χ1v) is 6.68. The lowest BCUT2D eigenvalue weighted by Gasteiger charge is -2.13. The molecular weight excluding hydrogens is 266 g/mol. The first-order chi connectivity index (χ1) is 9.01. The number of rotatable bonds is 1. The van der Waals surface area contributed by atoms with Crippen molar-refractivity contribution < 1.29 is 8.78 Å². The highest BCUT2D eigenvalue weighted by atomic mass is 32.1. The van der Waals surface area contributed by atoms with E-state index in [-0.39, 0.29) is 5.41 Å². The number of halogens is 2. The van der Waals surface area contributed by atoms with Crippen molar-refractivity contribution in [2.75, 3.05) is 0 Å². The number of fused-ring (bicyclic) bond motifs is 3. The summed E-state index contributed by atoms with van der Waals surface area (Å²) >= 11 is 5.28. The maximum atomic E-state index is 13.4. The summed E-state index contributed by atoms with van der Waals surface area (Å²) in [5.41, 5.74) is 2.89. The molecule has 1 aliphatic heterocycles. The molecule has 0 spiro atoms. The van der Waals surface area contributed by atoms with Gasteiger partial charge in [-0.3, -0.25) is 0 Å². The van der Waals surface area contributed by atoms with Gasteiger partial charge in [0.1, 0.15) is 11.6 Å². The van der Waals surface area contributed by atoms with Crippen LogP contribution in [0.4, 0.5) is 8.78 Å². The summed E-state index contributed by atoms with van der Waals surface area (Å²) < 4.78 is 29.6. The molecule has 1 N–H and O–H groups in total. The summed E-state index contributed by atoms with van der Waals surface area (Å²) in [6.07, 6.45) is 0.948. The number of imidazole rings is 1. The minimum atomic E-state index is -0.506. The average Bonchev–Trinajstić information content (AvgIpc) is 2.83. The molecule has 0 amide bonds. The number of nitrogens with one attached hydrogen (secondary N) is 1. The normalized spacial score (nSPS) is 27.2. The van der Waals surface area contributed by atoms with E-state index in [9.17, 15) is 8.78 Å². The molecule has 98 valence electrons. The lowest BCUT2D eigenvalue weighted by molar-refractivity contribution is 0.548. The second-order valence-electron chi connectivity index (χ2n) is 5.60. The number of H-pyrrole nitrogens is 1. The number of aromatic amines is 1. The van der Waals surface area contributed by atoms with E-state index in [2.05, 4.69) is 9.55 Å². The first-order valence-electron chi connectivity index (χ1n) is 6.27. The van der Waals surface area contributed by atoms with Gasteiger partial charge in [0.25, 0.3) is 0 Å². The molecule has 2 aliphatic rings. The Hall–Kier alpha value is -1.49. The SMILES string of the molecule is Cc1[nH]c(=S)n2c1C1C[C@]1(c1cc(F)cc(F)c1)C2. The van der Waals surface area contributed by atoms with E-state index in [1.54, 1.807) is 0 Å². The van der Waals surface area contributed by atoms with Crippen molar-refractivity contribution in [2.45, 2.75) is 31.2 Å². The standard InChI is InChI=1S/C14H12F2N2S/c1-7-12-11-5-14(11,6-18(12)13(19)17-7)8-2-9(15)4-10(16)3-8/h2-4,11H,5-6H2,1H3,(H,17,19)/t11?,14-/m1/s1. The number of aryl methyl sites for hydroxylation is 1. The van der Waals surface area contributed by atoms with Crippen LogP contribution < -0.4 is 0 Å². The van der Waals surface area contributed by atoms with Crippen molar-refractivity contribution in [3.8, 4) is 0 Å². The summed E-state index contributed by atoms with van der Waals surface area (Å²) in [6, 6.07) is 3.83. The van der Waals surface area contributed by atoms with Gasteiger partial charge in [-0.15, -0.1) is 0 Å². The maximum Gasteiger partial charge on any atom is 0.177 e. The van der Waals surface area contributed by atoms with E-state index < -0.39 is 11.6 Å². The second-order valence-corrected chi connectivity index (χ2v) is 5.98.